The van der Waals surface area contributed by atoms with Gasteiger partial charge in [0, 0.05) is 46.2 Å². The van der Waals surface area contributed by atoms with E-state index in [4.69, 9.17) is 9.47 Å². The fraction of sp³-hybridized carbons (Fsp3) is 0.739. The number of hydrogen-bond donors (Lipinski definition) is 1. The number of aryl methyl sites for hydroxylation is 2. The second-order valence-electron chi connectivity index (χ2n) is 10.0. The van der Waals surface area contributed by atoms with Crippen LogP contribution >= 0.6 is 0 Å². The van der Waals surface area contributed by atoms with Gasteiger partial charge in [0.2, 0.25) is 5.91 Å². The second kappa shape index (κ2) is 11.9. The number of fused-ring (bicyclic) bond motifs is 2. The van der Waals surface area contributed by atoms with Gasteiger partial charge in [-0.2, -0.15) is 0 Å². The highest BCUT2D eigenvalue weighted by Crippen LogP contribution is 2.52. The molecule has 0 bridgehead atoms. The first-order valence-electron chi connectivity index (χ1n) is 12.7. The maximum Gasteiger partial charge on any atom is 0.407 e. The van der Waals surface area contributed by atoms with Crippen LogP contribution in [0.3, 0.4) is 0 Å². The number of carbonyl (C=O) groups is 4. The highest BCUT2D eigenvalue weighted by atomic mass is 16.5. The molecule has 2 fully saturated rings. The van der Waals surface area contributed by atoms with Crippen molar-refractivity contribution < 1.29 is 28.7 Å². The van der Waals surface area contributed by atoms with Gasteiger partial charge in [-0.1, -0.05) is 5.21 Å². The average Bonchev–Trinajstić information content (AvgIpc) is 3.37. The van der Waals surface area contributed by atoms with Gasteiger partial charge in [-0.3, -0.25) is 19.2 Å². The molecule has 13 heteroatoms. The Balaban J connectivity index is 1.14. The Morgan fingerprint density at radius 3 is 2.69 bits per heavy atom. The number of hydrogen-bond acceptors (Lipinski definition) is 9. The van der Waals surface area contributed by atoms with Gasteiger partial charge >= 0.3 is 6.09 Å². The van der Waals surface area contributed by atoms with Crippen molar-refractivity contribution >= 4 is 32.0 Å². The minimum Gasteiger partial charge on any atom is -0.466 e. The third-order valence-electron chi connectivity index (χ3n) is 7.72. The molecular formula is C23H35BN6O6. The van der Waals surface area contributed by atoms with Crippen LogP contribution in [0.15, 0.2) is 0 Å². The number of ether oxygens (including phenoxy) is 2. The zero-order chi connectivity index (χ0) is 25.7. The van der Waals surface area contributed by atoms with Gasteiger partial charge < -0.3 is 24.5 Å². The summed E-state index contributed by atoms with van der Waals surface area (Å²) in [5.41, 5.74) is 2.32. The number of alkyl carbamates (subject to hydrolysis) is 1. The van der Waals surface area contributed by atoms with Crippen LogP contribution < -0.4 is 5.32 Å². The van der Waals surface area contributed by atoms with Crippen LogP contribution in [0.5, 0.6) is 0 Å². The van der Waals surface area contributed by atoms with E-state index in [9.17, 15) is 19.2 Å². The fourth-order valence-corrected chi connectivity index (χ4v) is 5.73. The molecule has 36 heavy (non-hydrogen) atoms. The monoisotopic (exact) mass is 502 g/mol. The number of aromatic nitrogens is 3. The Kier molecular flexibility index (Phi) is 8.60. The molecule has 196 valence electrons. The zero-order valence-electron chi connectivity index (χ0n) is 21.1. The minimum atomic E-state index is -0.500. The summed E-state index contributed by atoms with van der Waals surface area (Å²) in [7, 11) is 3.44. The maximum atomic E-state index is 12.7. The zero-order valence-corrected chi connectivity index (χ0v) is 21.1. The lowest BCUT2D eigenvalue weighted by molar-refractivity contribution is -0.137. The lowest BCUT2D eigenvalue weighted by Gasteiger charge is -2.40. The molecule has 1 saturated heterocycles. The van der Waals surface area contributed by atoms with Crippen molar-refractivity contribution in [2.45, 2.75) is 38.1 Å². The molecule has 2 amide bonds. The first kappa shape index (κ1) is 26.1. The summed E-state index contributed by atoms with van der Waals surface area (Å²) in [6.45, 7) is 2.70. The average molecular weight is 502 g/mol. The van der Waals surface area contributed by atoms with E-state index in [0.717, 1.165) is 31.4 Å². The number of nitrogens with one attached hydrogen (secondary N) is 1. The number of piperazine rings is 1. The molecule has 4 rings (SSSR count). The van der Waals surface area contributed by atoms with Crippen LogP contribution in [0.1, 0.15) is 30.7 Å². The number of amides is 2. The lowest BCUT2D eigenvalue weighted by atomic mass is 10.0. The van der Waals surface area contributed by atoms with Crippen LogP contribution in [0, 0.1) is 17.8 Å². The summed E-state index contributed by atoms with van der Waals surface area (Å²) in [5, 5.41) is 11.1. The standard InChI is InChI=1S/C23H35BN6O6/c1-28-20-5-3-17-16(2-4-19(20)26-27-28)18(17)13-36-23(34)25-7-6-22(33)30-9-8-29(11-21(24)32)15(10-30)12-35-14-31/h14-18H,2-13,24H2,1H3,(H,25,34)/t15?,16-,17+,18-/m1/s1. The number of carbonyl (C=O) groups excluding carboxylic acids is 4. The Morgan fingerprint density at radius 2 is 1.94 bits per heavy atom. The summed E-state index contributed by atoms with van der Waals surface area (Å²) >= 11 is 0. The highest BCUT2D eigenvalue weighted by Gasteiger charge is 2.50. The molecule has 12 nitrogen and oxygen atoms in total. The molecule has 1 aliphatic heterocycles. The van der Waals surface area contributed by atoms with Gasteiger partial charge in [-0.05, 0) is 43.4 Å². The molecule has 0 aromatic carbocycles. The van der Waals surface area contributed by atoms with Crippen molar-refractivity contribution in [2.24, 2.45) is 24.8 Å². The van der Waals surface area contributed by atoms with Crippen molar-refractivity contribution in [2.75, 3.05) is 45.9 Å². The van der Waals surface area contributed by atoms with E-state index >= 15 is 0 Å². The van der Waals surface area contributed by atoms with E-state index in [1.165, 1.54) is 13.5 Å². The van der Waals surface area contributed by atoms with Crippen LogP contribution in [-0.4, -0.2) is 109 Å². The van der Waals surface area contributed by atoms with Gasteiger partial charge in [-0.25, -0.2) is 4.79 Å². The Morgan fingerprint density at radius 1 is 1.17 bits per heavy atom. The second-order valence-corrected chi connectivity index (χ2v) is 10.0. The number of nitrogens with zero attached hydrogens (tertiary/aromatic N) is 5. The molecule has 1 aromatic rings. The lowest BCUT2D eigenvalue weighted by Crippen LogP contribution is -2.57. The minimum absolute atomic E-state index is 0.0181. The smallest absolute Gasteiger partial charge is 0.407 e. The highest BCUT2D eigenvalue weighted by molar-refractivity contribution is 6.58. The summed E-state index contributed by atoms with van der Waals surface area (Å²) in [6, 6.07) is -0.231. The van der Waals surface area contributed by atoms with Gasteiger partial charge in [-0.15, -0.1) is 5.10 Å². The molecule has 0 spiro atoms. The van der Waals surface area contributed by atoms with Crippen LogP contribution in [0.25, 0.3) is 0 Å². The Labute approximate surface area is 211 Å². The first-order chi connectivity index (χ1) is 17.4. The molecule has 1 N–H and O–H groups in total. The largest absolute Gasteiger partial charge is 0.466 e. The Bertz CT molecular complexity index is 973. The van der Waals surface area contributed by atoms with E-state index in [1.807, 2.05) is 16.6 Å². The van der Waals surface area contributed by atoms with Crippen molar-refractivity contribution in [3.63, 3.8) is 0 Å². The van der Waals surface area contributed by atoms with Gasteiger partial charge in [0.05, 0.1) is 29.7 Å². The quantitative estimate of drug-likeness (QED) is 0.300. The van der Waals surface area contributed by atoms with E-state index in [-0.39, 0.29) is 43.7 Å². The van der Waals surface area contributed by atoms with E-state index in [0.29, 0.717) is 50.5 Å². The molecule has 1 aromatic heterocycles. The van der Waals surface area contributed by atoms with Crippen LogP contribution in [0.4, 0.5) is 4.79 Å². The van der Waals surface area contributed by atoms with Crippen molar-refractivity contribution in [1.82, 2.24) is 30.1 Å². The predicted octanol–water partition coefficient (Wildman–Crippen LogP) is -1.48. The summed E-state index contributed by atoms with van der Waals surface area (Å²) in [6.07, 6.45) is 3.62. The molecular weight excluding hydrogens is 467 g/mol. The van der Waals surface area contributed by atoms with Gasteiger partial charge in [0.25, 0.3) is 6.47 Å². The fourth-order valence-electron chi connectivity index (χ4n) is 5.73. The van der Waals surface area contributed by atoms with Crippen molar-refractivity contribution in [1.29, 1.82) is 0 Å². The van der Waals surface area contributed by atoms with Crippen molar-refractivity contribution in [3.8, 4) is 0 Å². The maximum absolute atomic E-state index is 12.7. The third-order valence-corrected chi connectivity index (χ3v) is 7.72. The number of rotatable bonds is 10. The molecule has 4 atom stereocenters. The third kappa shape index (κ3) is 6.42. The SMILES string of the molecule is BC(=O)CN1CCN(C(=O)CCNC(=O)OC[C@@H]2[C@@H]3CCc4nnn(C)c4CC[C@@H]32)CC1COC=O. The topological polar surface area (TPSA) is 136 Å². The molecule has 2 aliphatic carbocycles. The molecule has 1 unspecified atom stereocenters. The van der Waals surface area contributed by atoms with Gasteiger partial charge in [0.1, 0.15) is 6.61 Å². The summed E-state index contributed by atoms with van der Waals surface area (Å²) < 4.78 is 12.2. The van der Waals surface area contributed by atoms with Crippen molar-refractivity contribution in [3.05, 3.63) is 11.4 Å². The summed E-state index contributed by atoms with van der Waals surface area (Å²) in [4.78, 5) is 50.6. The Hall–Kier alpha value is -2.96. The first-order valence-corrected chi connectivity index (χ1v) is 12.7. The van der Waals surface area contributed by atoms with Crippen LogP contribution in [0.2, 0.25) is 0 Å². The predicted molar refractivity (Wildman–Crippen MR) is 130 cm³/mol. The molecule has 3 aliphatic rings. The van der Waals surface area contributed by atoms with E-state index in [1.54, 1.807) is 4.90 Å². The normalized spacial score (nSPS) is 25.5. The van der Waals surface area contributed by atoms with Crippen LogP contribution in [-0.2, 0) is 43.7 Å². The van der Waals surface area contributed by atoms with E-state index < -0.39 is 6.09 Å². The van der Waals surface area contributed by atoms with Gasteiger partial charge in [0.15, 0.2) is 7.85 Å². The summed E-state index contributed by atoms with van der Waals surface area (Å²) in [5.74, 6) is 1.42. The molecule has 1 saturated carbocycles. The molecule has 2 heterocycles. The molecule has 0 radical (unpaired) electrons. The van der Waals surface area contributed by atoms with E-state index in [2.05, 4.69) is 15.6 Å².